The molecule has 2 rings (SSSR count). The molecule has 0 aromatic heterocycles. The molecule has 2 N–H and O–H groups in total. The topological polar surface area (TPSA) is 67.4 Å². The van der Waals surface area contributed by atoms with E-state index in [0.717, 1.165) is 24.9 Å². The van der Waals surface area contributed by atoms with Crippen molar-refractivity contribution < 1.29 is 13.2 Å². The fraction of sp³-hybridized carbons (Fsp3) is 0.600. The van der Waals surface area contributed by atoms with Crippen molar-refractivity contribution in [3.05, 3.63) is 23.3 Å². The highest BCUT2D eigenvalue weighted by atomic mass is 32.2. The molecular formula is C15H24N2O3S. The molecule has 0 spiro atoms. The summed E-state index contributed by atoms with van der Waals surface area (Å²) in [7, 11) is -1.91. The molecule has 118 valence electrons. The van der Waals surface area contributed by atoms with Gasteiger partial charge >= 0.3 is 0 Å². The van der Waals surface area contributed by atoms with E-state index in [9.17, 15) is 8.42 Å². The molecule has 0 amide bonds. The van der Waals surface area contributed by atoms with Crippen LogP contribution in [0.25, 0.3) is 0 Å². The second-order valence-electron chi connectivity index (χ2n) is 5.79. The fourth-order valence-corrected chi connectivity index (χ4v) is 4.39. The average Bonchev–Trinajstić information content (AvgIpc) is 2.40. The lowest BCUT2D eigenvalue weighted by atomic mass is 10.0. The lowest BCUT2D eigenvalue weighted by molar-refractivity contribution is 0.361. The van der Waals surface area contributed by atoms with Crippen LogP contribution < -0.4 is 14.8 Å². The summed E-state index contributed by atoms with van der Waals surface area (Å²) in [6.45, 7) is 6.56. The van der Waals surface area contributed by atoms with Crippen LogP contribution in [0.1, 0.15) is 30.9 Å². The zero-order valence-corrected chi connectivity index (χ0v) is 13.9. The molecule has 0 saturated carbocycles. The second kappa shape index (κ2) is 6.34. The van der Waals surface area contributed by atoms with Crippen LogP contribution in [0.3, 0.4) is 0 Å². The van der Waals surface area contributed by atoms with Crippen LogP contribution in [0, 0.1) is 13.8 Å². The van der Waals surface area contributed by atoms with Crippen LogP contribution in [0.2, 0.25) is 0 Å². The van der Waals surface area contributed by atoms with Crippen LogP contribution in [0.5, 0.6) is 5.75 Å². The van der Waals surface area contributed by atoms with Gasteiger partial charge in [0.25, 0.3) is 0 Å². The first-order valence-corrected chi connectivity index (χ1v) is 8.72. The Morgan fingerprint density at radius 1 is 1.29 bits per heavy atom. The number of piperidine rings is 1. The Balaban J connectivity index is 2.25. The van der Waals surface area contributed by atoms with E-state index in [1.54, 1.807) is 26.2 Å². The summed E-state index contributed by atoms with van der Waals surface area (Å²) in [5.41, 5.74) is 1.52. The molecular weight excluding hydrogens is 288 g/mol. The predicted molar refractivity (Wildman–Crippen MR) is 83.3 cm³/mol. The maximum Gasteiger partial charge on any atom is 0.241 e. The second-order valence-corrected chi connectivity index (χ2v) is 7.47. The summed E-state index contributed by atoms with van der Waals surface area (Å²) in [4.78, 5) is 0.340. The number of ether oxygens (including phenoxy) is 1. The Morgan fingerprint density at radius 3 is 2.62 bits per heavy atom. The van der Waals surface area contributed by atoms with E-state index in [0.29, 0.717) is 22.3 Å². The average molecular weight is 312 g/mol. The summed E-state index contributed by atoms with van der Waals surface area (Å²) in [6.07, 6.45) is 1.63. The van der Waals surface area contributed by atoms with Gasteiger partial charge in [-0.1, -0.05) is 0 Å². The molecule has 0 aliphatic carbocycles. The molecule has 1 aliphatic heterocycles. The van der Waals surface area contributed by atoms with Crippen LogP contribution in [0.4, 0.5) is 0 Å². The van der Waals surface area contributed by atoms with Gasteiger partial charge in [0.05, 0.1) is 12.0 Å². The Hall–Kier alpha value is -1.11. The molecule has 0 bridgehead atoms. The maximum atomic E-state index is 12.6. The maximum absolute atomic E-state index is 12.6. The SMILES string of the molecule is COc1cc(C)c(S(=O)(=O)NC2CCNC(C)C2)cc1C. The van der Waals surface area contributed by atoms with E-state index in [4.69, 9.17) is 4.74 Å². The van der Waals surface area contributed by atoms with E-state index in [-0.39, 0.29) is 6.04 Å². The minimum Gasteiger partial charge on any atom is -0.496 e. The summed E-state index contributed by atoms with van der Waals surface area (Å²) in [5, 5.41) is 3.32. The summed E-state index contributed by atoms with van der Waals surface area (Å²) in [6, 6.07) is 3.79. The van der Waals surface area contributed by atoms with Crippen molar-refractivity contribution in [2.75, 3.05) is 13.7 Å². The van der Waals surface area contributed by atoms with Crippen molar-refractivity contribution in [1.29, 1.82) is 0 Å². The molecule has 1 aromatic carbocycles. The first-order chi connectivity index (χ1) is 9.83. The Labute approximate surface area is 127 Å². The number of sulfonamides is 1. The van der Waals surface area contributed by atoms with Gasteiger partial charge in [-0.2, -0.15) is 0 Å². The Morgan fingerprint density at radius 2 is 2.00 bits per heavy atom. The molecule has 21 heavy (non-hydrogen) atoms. The number of hydrogen-bond donors (Lipinski definition) is 2. The van der Waals surface area contributed by atoms with Gasteiger partial charge in [-0.25, -0.2) is 13.1 Å². The van der Waals surface area contributed by atoms with Gasteiger partial charge in [-0.3, -0.25) is 0 Å². The molecule has 2 atom stereocenters. The summed E-state index contributed by atoms with van der Waals surface area (Å²) < 4.78 is 33.3. The van der Waals surface area contributed by atoms with Crippen molar-refractivity contribution in [2.24, 2.45) is 0 Å². The third-order valence-corrected chi connectivity index (χ3v) is 5.59. The van der Waals surface area contributed by atoms with Gasteiger partial charge in [-0.05, 0) is 63.4 Å². The van der Waals surface area contributed by atoms with Crippen molar-refractivity contribution in [3.63, 3.8) is 0 Å². The third-order valence-electron chi connectivity index (χ3n) is 3.93. The summed E-state index contributed by atoms with van der Waals surface area (Å²) >= 11 is 0. The highest BCUT2D eigenvalue weighted by Crippen LogP contribution is 2.26. The lowest BCUT2D eigenvalue weighted by Crippen LogP contribution is -2.46. The summed E-state index contributed by atoms with van der Waals surface area (Å²) in [5.74, 6) is 0.710. The molecule has 2 unspecified atom stereocenters. The van der Waals surface area contributed by atoms with Gasteiger partial charge in [0.2, 0.25) is 10.0 Å². The molecule has 1 fully saturated rings. The van der Waals surface area contributed by atoms with Gasteiger partial charge in [-0.15, -0.1) is 0 Å². The minimum absolute atomic E-state index is 0.00643. The molecule has 0 radical (unpaired) electrons. The lowest BCUT2D eigenvalue weighted by Gasteiger charge is -2.28. The van der Waals surface area contributed by atoms with E-state index >= 15 is 0 Å². The van der Waals surface area contributed by atoms with Gasteiger partial charge in [0, 0.05) is 12.1 Å². The van der Waals surface area contributed by atoms with Crippen molar-refractivity contribution in [3.8, 4) is 5.75 Å². The quantitative estimate of drug-likeness (QED) is 0.888. The molecule has 1 aliphatic rings. The highest BCUT2D eigenvalue weighted by Gasteiger charge is 2.26. The molecule has 1 aromatic rings. The number of hydrogen-bond acceptors (Lipinski definition) is 4. The normalized spacial score (nSPS) is 23.0. The minimum atomic E-state index is -3.49. The number of rotatable bonds is 4. The third kappa shape index (κ3) is 3.75. The first kappa shape index (κ1) is 16.3. The zero-order chi connectivity index (χ0) is 15.6. The number of methoxy groups -OCH3 is 1. The van der Waals surface area contributed by atoms with E-state index < -0.39 is 10.0 Å². The van der Waals surface area contributed by atoms with Gasteiger partial charge in [0.15, 0.2) is 0 Å². The van der Waals surface area contributed by atoms with Gasteiger partial charge < -0.3 is 10.1 Å². The van der Waals surface area contributed by atoms with E-state index in [1.807, 2.05) is 6.92 Å². The molecule has 5 nitrogen and oxygen atoms in total. The Bertz CT molecular complexity index is 614. The molecule has 1 saturated heterocycles. The van der Waals surface area contributed by atoms with Crippen molar-refractivity contribution in [1.82, 2.24) is 10.0 Å². The standard InChI is InChI=1S/C15H24N2O3S/c1-10-8-15(11(2)7-14(10)20-4)21(18,19)17-13-5-6-16-12(3)9-13/h7-8,12-13,16-17H,5-6,9H2,1-4H3. The largest absolute Gasteiger partial charge is 0.496 e. The van der Waals surface area contributed by atoms with Crippen LogP contribution >= 0.6 is 0 Å². The molecule has 1 heterocycles. The number of nitrogens with one attached hydrogen (secondary N) is 2. The number of aryl methyl sites for hydroxylation is 2. The molecule has 6 heteroatoms. The number of benzene rings is 1. The first-order valence-electron chi connectivity index (χ1n) is 7.24. The zero-order valence-electron chi connectivity index (χ0n) is 13.1. The van der Waals surface area contributed by atoms with Gasteiger partial charge in [0.1, 0.15) is 5.75 Å². The van der Waals surface area contributed by atoms with Crippen LogP contribution in [-0.4, -0.2) is 34.2 Å². The Kier molecular flexibility index (Phi) is 4.91. The predicted octanol–water partition coefficient (Wildman–Crippen LogP) is 1.73. The smallest absolute Gasteiger partial charge is 0.241 e. The van der Waals surface area contributed by atoms with Crippen LogP contribution in [-0.2, 0) is 10.0 Å². The van der Waals surface area contributed by atoms with E-state index in [2.05, 4.69) is 17.0 Å². The van der Waals surface area contributed by atoms with Crippen molar-refractivity contribution in [2.45, 2.75) is 50.6 Å². The van der Waals surface area contributed by atoms with Crippen LogP contribution in [0.15, 0.2) is 17.0 Å². The van der Waals surface area contributed by atoms with E-state index in [1.165, 1.54) is 0 Å². The monoisotopic (exact) mass is 312 g/mol. The highest BCUT2D eigenvalue weighted by molar-refractivity contribution is 7.89. The van der Waals surface area contributed by atoms with Crippen molar-refractivity contribution >= 4 is 10.0 Å². The fourth-order valence-electron chi connectivity index (χ4n) is 2.79.